The van der Waals surface area contributed by atoms with E-state index >= 15 is 0 Å². The number of rotatable bonds is 4. The number of piperazine rings is 1. The van der Waals surface area contributed by atoms with Crippen molar-refractivity contribution in [2.75, 3.05) is 19.6 Å². The van der Waals surface area contributed by atoms with E-state index in [1.165, 1.54) is 25.8 Å². The molecule has 0 spiro atoms. The minimum Gasteiger partial charge on any atom is -0.311 e. The van der Waals surface area contributed by atoms with Gasteiger partial charge in [-0.25, -0.2) is 0 Å². The summed E-state index contributed by atoms with van der Waals surface area (Å²) in [6, 6.07) is 0.711. The van der Waals surface area contributed by atoms with Crippen LogP contribution in [0, 0.1) is 5.92 Å². The zero-order valence-corrected chi connectivity index (χ0v) is 11.1. The lowest BCUT2D eigenvalue weighted by atomic mass is 9.91. The van der Waals surface area contributed by atoms with Crippen molar-refractivity contribution in [3.63, 3.8) is 0 Å². The van der Waals surface area contributed by atoms with Crippen LogP contribution in [-0.4, -0.2) is 36.1 Å². The highest BCUT2D eigenvalue weighted by Crippen LogP contribution is 2.36. The zero-order valence-electron chi connectivity index (χ0n) is 10.4. The molecule has 0 bridgehead atoms. The van der Waals surface area contributed by atoms with Crippen LogP contribution in [0.2, 0.25) is 0 Å². The molecule has 92 valence electrons. The van der Waals surface area contributed by atoms with Gasteiger partial charge in [-0.3, -0.25) is 4.90 Å². The Morgan fingerprint density at radius 1 is 1.50 bits per heavy atom. The third-order valence-electron chi connectivity index (χ3n) is 4.29. The predicted molar refractivity (Wildman–Crippen MR) is 69.8 cm³/mol. The summed E-state index contributed by atoms with van der Waals surface area (Å²) >= 11 is 5.65. The van der Waals surface area contributed by atoms with Gasteiger partial charge < -0.3 is 5.32 Å². The van der Waals surface area contributed by atoms with Crippen molar-refractivity contribution in [1.82, 2.24) is 10.2 Å². The van der Waals surface area contributed by atoms with E-state index in [1.54, 1.807) is 5.54 Å². The van der Waals surface area contributed by atoms with Crippen LogP contribution >= 0.6 is 11.6 Å². The van der Waals surface area contributed by atoms with Gasteiger partial charge in [-0.1, -0.05) is 24.6 Å². The molecule has 2 aliphatic rings. The summed E-state index contributed by atoms with van der Waals surface area (Å²) in [4.78, 5) is 2.59. The van der Waals surface area contributed by atoms with Gasteiger partial charge in [-0.05, 0) is 32.1 Å². The number of nitrogens with one attached hydrogen (secondary N) is 1. The molecule has 0 amide bonds. The molecule has 3 heteroatoms. The Bertz CT molecular complexity index is 263. The van der Waals surface area contributed by atoms with Crippen molar-refractivity contribution in [3.05, 3.63) is 11.6 Å². The van der Waals surface area contributed by atoms with Crippen LogP contribution in [0.4, 0.5) is 0 Å². The second-order valence-corrected chi connectivity index (χ2v) is 5.69. The molecule has 1 aliphatic heterocycles. The molecule has 16 heavy (non-hydrogen) atoms. The number of nitrogens with zero attached hydrogens (tertiary/aromatic N) is 1. The van der Waals surface area contributed by atoms with Crippen molar-refractivity contribution in [2.24, 2.45) is 5.92 Å². The Hall–Kier alpha value is -0.0500. The van der Waals surface area contributed by atoms with Gasteiger partial charge in [0.1, 0.15) is 0 Å². The van der Waals surface area contributed by atoms with E-state index in [4.69, 9.17) is 11.6 Å². The molecular formula is C13H23ClN2. The highest BCUT2D eigenvalue weighted by molar-refractivity contribution is 6.25. The summed E-state index contributed by atoms with van der Waals surface area (Å²) in [5.74, 6) is 0.934. The maximum Gasteiger partial charge on any atom is 0.0307 e. The van der Waals surface area contributed by atoms with Gasteiger partial charge >= 0.3 is 0 Å². The molecule has 2 unspecified atom stereocenters. The highest BCUT2D eigenvalue weighted by atomic mass is 35.5. The highest BCUT2D eigenvalue weighted by Gasteiger charge is 2.41. The van der Waals surface area contributed by atoms with E-state index in [9.17, 15) is 0 Å². The molecule has 1 aliphatic carbocycles. The molecule has 2 nitrogen and oxygen atoms in total. The molecule has 1 saturated heterocycles. The number of hydrogen-bond acceptors (Lipinski definition) is 2. The van der Waals surface area contributed by atoms with Crippen molar-refractivity contribution < 1.29 is 0 Å². The lowest BCUT2D eigenvalue weighted by Crippen LogP contribution is -2.63. The molecule has 1 saturated carbocycles. The fraction of sp³-hybridized carbons (Fsp3) is 0.846. The van der Waals surface area contributed by atoms with E-state index in [-0.39, 0.29) is 0 Å². The monoisotopic (exact) mass is 242 g/mol. The maximum absolute atomic E-state index is 5.65. The number of hydrogen-bond donors (Lipinski definition) is 1. The quantitative estimate of drug-likeness (QED) is 0.815. The number of halogens is 1. The third kappa shape index (κ3) is 2.61. The molecular weight excluding hydrogens is 220 g/mol. The van der Waals surface area contributed by atoms with Crippen LogP contribution in [0.1, 0.15) is 33.1 Å². The van der Waals surface area contributed by atoms with Crippen LogP contribution in [0.15, 0.2) is 11.6 Å². The average Bonchev–Trinajstić information content (AvgIpc) is 3.12. The van der Waals surface area contributed by atoms with Gasteiger partial charge in [0, 0.05) is 36.8 Å². The molecule has 0 aromatic rings. The van der Waals surface area contributed by atoms with Crippen molar-refractivity contribution >= 4 is 11.6 Å². The summed E-state index contributed by atoms with van der Waals surface area (Å²) in [5, 5.41) is 3.73. The second kappa shape index (κ2) is 5.07. The fourth-order valence-corrected chi connectivity index (χ4v) is 2.69. The Balaban J connectivity index is 1.99. The minimum atomic E-state index is 0.293. The predicted octanol–water partition coefficient (Wildman–Crippen LogP) is 2.59. The molecule has 0 aromatic carbocycles. The molecule has 2 fully saturated rings. The van der Waals surface area contributed by atoms with Gasteiger partial charge in [0.2, 0.25) is 0 Å². The molecule has 0 aromatic heterocycles. The van der Waals surface area contributed by atoms with Crippen LogP contribution in [0.25, 0.3) is 0 Å². The van der Waals surface area contributed by atoms with E-state index in [0.29, 0.717) is 11.6 Å². The summed E-state index contributed by atoms with van der Waals surface area (Å²) in [6.45, 7) is 7.90. The lowest BCUT2D eigenvalue weighted by molar-refractivity contribution is 0.0553. The SMILES string of the molecule is CCC1(C)CNC(C2CC2)CN1C/C=C/Cl. The molecule has 2 atom stereocenters. The fourth-order valence-electron chi connectivity index (χ4n) is 2.61. The zero-order chi connectivity index (χ0) is 11.6. The van der Waals surface area contributed by atoms with E-state index in [0.717, 1.165) is 19.0 Å². The summed E-state index contributed by atoms with van der Waals surface area (Å²) < 4.78 is 0. The smallest absolute Gasteiger partial charge is 0.0307 e. The van der Waals surface area contributed by atoms with E-state index in [2.05, 4.69) is 30.1 Å². The van der Waals surface area contributed by atoms with Crippen LogP contribution in [0.5, 0.6) is 0 Å². The minimum absolute atomic E-state index is 0.293. The van der Waals surface area contributed by atoms with E-state index in [1.807, 2.05) is 0 Å². The van der Waals surface area contributed by atoms with Crippen molar-refractivity contribution in [3.8, 4) is 0 Å². The molecule has 1 heterocycles. The van der Waals surface area contributed by atoms with Gasteiger partial charge in [0.25, 0.3) is 0 Å². The Morgan fingerprint density at radius 2 is 2.25 bits per heavy atom. The topological polar surface area (TPSA) is 15.3 Å². The summed E-state index contributed by atoms with van der Waals surface area (Å²) in [5.41, 5.74) is 1.94. The van der Waals surface area contributed by atoms with Crippen molar-refractivity contribution in [2.45, 2.75) is 44.7 Å². The van der Waals surface area contributed by atoms with Crippen LogP contribution in [-0.2, 0) is 0 Å². The van der Waals surface area contributed by atoms with Gasteiger partial charge in [0.05, 0.1) is 0 Å². The van der Waals surface area contributed by atoms with Crippen LogP contribution < -0.4 is 5.32 Å². The first-order valence-electron chi connectivity index (χ1n) is 6.43. The summed E-state index contributed by atoms with van der Waals surface area (Å²) in [7, 11) is 0. The van der Waals surface area contributed by atoms with Crippen molar-refractivity contribution in [1.29, 1.82) is 0 Å². The first kappa shape index (κ1) is 12.4. The molecule has 1 N–H and O–H groups in total. The first-order valence-corrected chi connectivity index (χ1v) is 6.87. The average molecular weight is 243 g/mol. The van der Waals surface area contributed by atoms with E-state index < -0.39 is 0 Å². The summed E-state index contributed by atoms with van der Waals surface area (Å²) in [6.07, 6.45) is 6.08. The van der Waals surface area contributed by atoms with Gasteiger partial charge in [-0.2, -0.15) is 0 Å². The Morgan fingerprint density at radius 3 is 2.81 bits per heavy atom. The normalized spacial score (nSPS) is 37.1. The lowest BCUT2D eigenvalue weighted by Gasteiger charge is -2.47. The van der Waals surface area contributed by atoms with Crippen LogP contribution in [0.3, 0.4) is 0 Å². The Labute approximate surface area is 104 Å². The standard InChI is InChI=1S/C13H23ClN2/c1-3-13(2)10-15-12(11-5-6-11)9-16(13)8-4-7-14/h4,7,11-12,15H,3,5-6,8-10H2,1-2H3/b7-4+. The molecule has 2 rings (SSSR count). The maximum atomic E-state index is 5.65. The second-order valence-electron chi connectivity index (χ2n) is 5.44. The Kier molecular flexibility index (Phi) is 3.93. The molecule has 0 radical (unpaired) electrons. The third-order valence-corrected chi connectivity index (χ3v) is 4.47. The van der Waals surface area contributed by atoms with Gasteiger partial charge in [-0.15, -0.1) is 0 Å². The van der Waals surface area contributed by atoms with Gasteiger partial charge in [0.15, 0.2) is 0 Å². The first-order chi connectivity index (χ1) is 7.69. The largest absolute Gasteiger partial charge is 0.311 e.